The van der Waals surface area contributed by atoms with Crippen molar-refractivity contribution in [1.82, 2.24) is 10.2 Å². The number of hydrogen-bond acceptors (Lipinski definition) is 5. The molecular formula is C22H21N3O4. The van der Waals surface area contributed by atoms with Crippen molar-refractivity contribution in [3.8, 4) is 17.2 Å². The lowest BCUT2D eigenvalue weighted by molar-refractivity contribution is -0.145. The molecule has 0 aliphatic carbocycles. The van der Waals surface area contributed by atoms with Gasteiger partial charge in [0.1, 0.15) is 12.1 Å². The number of rotatable bonds is 6. The molecule has 148 valence electrons. The molecule has 0 bridgehead atoms. The van der Waals surface area contributed by atoms with E-state index in [0.717, 1.165) is 21.6 Å². The topological polar surface area (TPSA) is 99.5 Å². The van der Waals surface area contributed by atoms with E-state index in [1.165, 1.54) is 0 Å². The maximum absolute atomic E-state index is 12.1. The second-order valence-corrected chi connectivity index (χ2v) is 7.28. The molecule has 1 saturated heterocycles. The second-order valence-electron chi connectivity index (χ2n) is 7.28. The summed E-state index contributed by atoms with van der Waals surface area (Å²) < 4.78 is 5.24. The number of carbonyl (C=O) groups excluding carboxylic acids is 3. The Hall–Kier alpha value is -3.66. The van der Waals surface area contributed by atoms with Crippen molar-refractivity contribution < 1.29 is 19.1 Å². The first kappa shape index (κ1) is 20.1. The van der Waals surface area contributed by atoms with Gasteiger partial charge in [0.2, 0.25) is 0 Å². The van der Waals surface area contributed by atoms with Crippen LogP contribution < -0.4 is 5.32 Å². The molecule has 1 aliphatic rings. The highest BCUT2D eigenvalue weighted by atomic mass is 16.5. The number of urea groups is 1. The highest BCUT2D eigenvalue weighted by Crippen LogP contribution is 2.23. The van der Waals surface area contributed by atoms with Crippen LogP contribution in [0, 0.1) is 11.3 Å². The Labute approximate surface area is 168 Å². The van der Waals surface area contributed by atoms with Gasteiger partial charge < -0.3 is 10.1 Å². The molecule has 0 spiro atoms. The predicted molar refractivity (Wildman–Crippen MR) is 105 cm³/mol. The van der Waals surface area contributed by atoms with Crippen LogP contribution in [0.5, 0.6) is 0 Å². The summed E-state index contributed by atoms with van der Waals surface area (Å²) in [5.41, 5.74) is 2.18. The van der Waals surface area contributed by atoms with Gasteiger partial charge in [0.15, 0.2) is 0 Å². The summed E-state index contributed by atoms with van der Waals surface area (Å²) in [7, 11) is 0. The molecule has 29 heavy (non-hydrogen) atoms. The molecule has 1 fully saturated rings. The van der Waals surface area contributed by atoms with Crippen LogP contribution in [0.3, 0.4) is 0 Å². The molecule has 0 radical (unpaired) electrons. The summed E-state index contributed by atoms with van der Waals surface area (Å²) in [4.78, 5) is 36.9. The number of carbonyl (C=O) groups is 3. The molecule has 0 saturated carbocycles. The molecule has 1 N–H and O–H groups in total. The second kappa shape index (κ2) is 8.15. The third-order valence-electron chi connectivity index (χ3n) is 4.70. The largest absolute Gasteiger partial charge is 0.461 e. The molecule has 0 unspecified atom stereocenters. The van der Waals surface area contributed by atoms with Crippen molar-refractivity contribution in [2.24, 2.45) is 0 Å². The van der Waals surface area contributed by atoms with Crippen molar-refractivity contribution in [3.63, 3.8) is 0 Å². The number of imide groups is 1. The Morgan fingerprint density at radius 2 is 1.83 bits per heavy atom. The molecule has 3 amide bonds. The van der Waals surface area contributed by atoms with Gasteiger partial charge in [-0.1, -0.05) is 42.5 Å². The average molecular weight is 391 g/mol. The van der Waals surface area contributed by atoms with Gasteiger partial charge in [0, 0.05) is 6.54 Å². The fraction of sp³-hybridized carbons (Fsp3) is 0.273. The van der Waals surface area contributed by atoms with Crippen LogP contribution >= 0.6 is 0 Å². The normalized spacial score (nSPS) is 15.0. The number of nitrogens with one attached hydrogen (secondary N) is 1. The van der Waals surface area contributed by atoms with Crippen LogP contribution in [-0.2, 0) is 20.9 Å². The molecule has 0 aromatic heterocycles. The first-order valence-corrected chi connectivity index (χ1v) is 9.20. The summed E-state index contributed by atoms with van der Waals surface area (Å²) in [5, 5.41) is 11.8. The minimum Gasteiger partial charge on any atom is -0.461 e. The van der Waals surface area contributed by atoms with Crippen molar-refractivity contribution in [2.45, 2.75) is 32.4 Å². The number of ether oxygens (including phenoxy) is 1. The predicted octanol–water partition coefficient (Wildman–Crippen LogP) is 2.99. The Morgan fingerprint density at radius 3 is 2.45 bits per heavy atom. The van der Waals surface area contributed by atoms with E-state index in [4.69, 9.17) is 4.74 Å². The third-order valence-corrected chi connectivity index (χ3v) is 4.70. The van der Waals surface area contributed by atoms with Crippen LogP contribution in [-0.4, -0.2) is 34.9 Å². The van der Waals surface area contributed by atoms with E-state index in [1.54, 1.807) is 19.9 Å². The van der Waals surface area contributed by atoms with E-state index < -0.39 is 17.5 Å². The molecule has 1 aliphatic heterocycles. The number of benzene rings is 2. The smallest absolute Gasteiger partial charge is 0.325 e. The number of amides is 3. The Balaban J connectivity index is 1.53. The lowest BCUT2D eigenvalue weighted by atomic mass is 9.99. The molecule has 2 aromatic rings. The van der Waals surface area contributed by atoms with Gasteiger partial charge in [-0.15, -0.1) is 0 Å². The number of nitriles is 1. The lowest BCUT2D eigenvalue weighted by Crippen LogP contribution is -2.40. The summed E-state index contributed by atoms with van der Waals surface area (Å²) >= 11 is 0. The number of nitrogens with zero attached hydrogens (tertiary/aromatic N) is 2. The minimum atomic E-state index is -0.951. The maximum Gasteiger partial charge on any atom is 0.325 e. The monoisotopic (exact) mass is 391 g/mol. The Kier molecular flexibility index (Phi) is 5.64. The fourth-order valence-electron chi connectivity index (χ4n) is 3.07. The summed E-state index contributed by atoms with van der Waals surface area (Å²) in [6.07, 6.45) is -0.0666. The van der Waals surface area contributed by atoms with Gasteiger partial charge in [0.25, 0.3) is 5.91 Å². The zero-order valence-corrected chi connectivity index (χ0v) is 16.3. The first-order chi connectivity index (χ1) is 13.8. The Bertz CT molecular complexity index is 990. The van der Waals surface area contributed by atoms with Crippen molar-refractivity contribution in [3.05, 3.63) is 59.7 Å². The van der Waals surface area contributed by atoms with Crippen molar-refractivity contribution in [2.75, 3.05) is 6.54 Å². The van der Waals surface area contributed by atoms with Crippen LogP contribution in [0.4, 0.5) is 4.79 Å². The lowest BCUT2D eigenvalue weighted by Gasteiger charge is -2.15. The van der Waals surface area contributed by atoms with Crippen molar-refractivity contribution in [1.29, 1.82) is 5.26 Å². The van der Waals surface area contributed by atoms with Crippen LogP contribution in [0.25, 0.3) is 11.1 Å². The molecule has 3 rings (SSSR count). The van der Waals surface area contributed by atoms with E-state index in [1.807, 2.05) is 42.5 Å². The zero-order valence-electron chi connectivity index (χ0n) is 16.3. The summed E-state index contributed by atoms with van der Waals surface area (Å²) in [5.74, 6) is -0.849. The van der Waals surface area contributed by atoms with E-state index in [0.29, 0.717) is 5.56 Å². The number of hydrogen-bond donors (Lipinski definition) is 1. The summed E-state index contributed by atoms with van der Waals surface area (Å²) in [6, 6.07) is 16.4. The molecular weight excluding hydrogens is 370 g/mol. The molecule has 7 heteroatoms. The van der Waals surface area contributed by atoms with E-state index >= 15 is 0 Å². The molecule has 1 heterocycles. The highest BCUT2D eigenvalue weighted by Gasteiger charge is 2.44. The van der Waals surface area contributed by atoms with Gasteiger partial charge in [0.05, 0.1) is 18.1 Å². The van der Waals surface area contributed by atoms with E-state index in [9.17, 15) is 19.6 Å². The fourth-order valence-corrected chi connectivity index (χ4v) is 3.07. The van der Waals surface area contributed by atoms with Crippen LogP contribution in [0.15, 0.2) is 48.5 Å². The van der Waals surface area contributed by atoms with Gasteiger partial charge in [-0.3, -0.25) is 14.5 Å². The maximum atomic E-state index is 12.1. The minimum absolute atomic E-state index is 0.0171. The van der Waals surface area contributed by atoms with Gasteiger partial charge in [-0.2, -0.15) is 5.26 Å². The third kappa shape index (κ3) is 4.43. The molecule has 7 nitrogen and oxygen atoms in total. The average Bonchev–Trinajstić information content (AvgIpc) is 2.91. The standard InChI is InChI=1S/C22H21N3O4/c1-22(2)20(27)25(21(28)24-22)12-11-19(26)29-14-15-7-9-16(10-8-15)18-6-4-3-5-17(18)13-23/h3-10H,11-12,14H2,1-2H3,(H,24,28). The van der Waals surface area contributed by atoms with E-state index in [-0.39, 0.29) is 25.5 Å². The Morgan fingerprint density at radius 1 is 1.14 bits per heavy atom. The van der Waals surface area contributed by atoms with E-state index in [2.05, 4.69) is 11.4 Å². The van der Waals surface area contributed by atoms with Crippen LogP contribution in [0.2, 0.25) is 0 Å². The quantitative estimate of drug-likeness (QED) is 0.603. The van der Waals surface area contributed by atoms with Crippen molar-refractivity contribution >= 4 is 17.9 Å². The van der Waals surface area contributed by atoms with Gasteiger partial charge >= 0.3 is 12.0 Å². The summed E-state index contributed by atoms with van der Waals surface area (Å²) in [6.45, 7) is 3.30. The zero-order chi connectivity index (χ0) is 21.0. The van der Waals surface area contributed by atoms with Gasteiger partial charge in [-0.25, -0.2) is 4.79 Å². The van der Waals surface area contributed by atoms with Gasteiger partial charge in [-0.05, 0) is 36.6 Å². The molecule has 2 aromatic carbocycles. The molecule has 0 atom stereocenters. The SMILES string of the molecule is CC1(C)NC(=O)N(CCC(=O)OCc2ccc(-c3ccccc3C#N)cc2)C1=O. The number of esters is 1. The van der Waals surface area contributed by atoms with Crippen LogP contribution in [0.1, 0.15) is 31.4 Å². The first-order valence-electron chi connectivity index (χ1n) is 9.20. The highest BCUT2D eigenvalue weighted by molar-refractivity contribution is 6.06.